The van der Waals surface area contributed by atoms with Gasteiger partial charge in [0.2, 0.25) is 11.8 Å². The molecule has 8 fully saturated rings. The summed E-state index contributed by atoms with van der Waals surface area (Å²) in [5.41, 5.74) is 0.267. The van der Waals surface area contributed by atoms with Crippen LogP contribution in [0, 0.1) is 85.2 Å². The van der Waals surface area contributed by atoms with E-state index in [1.807, 2.05) is 18.7 Å². The smallest absolute Gasteiger partial charge is 0.303 e. The van der Waals surface area contributed by atoms with Gasteiger partial charge in [-0.2, -0.15) is 0 Å². The van der Waals surface area contributed by atoms with Crippen LogP contribution in [0.3, 0.4) is 0 Å². The van der Waals surface area contributed by atoms with Crippen molar-refractivity contribution in [2.75, 3.05) is 26.3 Å². The molecule has 2 N–H and O–H groups in total. The first-order valence-electron chi connectivity index (χ1n) is 24.0. The first kappa shape index (κ1) is 42.7. The molecule has 1 aliphatic heterocycles. The maximum absolute atomic E-state index is 15.1. The fraction of sp³-hybridized carbons (Fsp3) is 0.920. The summed E-state index contributed by atoms with van der Waals surface area (Å²) < 4.78 is 5.51. The molecule has 13 atom stereocenters. The van der Waals surface area contributed by atoms with Crippen molar-refractivity contribution in [2.45, 2.75) is 178 Å². The Balaban J connectivity index is 1.00. The first-order valence-corrected chi connectivity index (χ1v) is 24.0. The van der Waals surface area contributed by atoms with Gasteiger partial charge < -0.3 is 20.1 Å². The van der Waals surface area contributed by atoms with Gasteiger partial charge in [0, 0.05) is 37.9 Å². The van der Waals surface area contributed by atoms with Gasteiger partial charge in [-0.05, 0) is 164 Å². The molecule has 1 heterocycles. The lowest BCUT2D eigenvalue weighted by molar-refractivity contribution is -0.243. The zero-order chi connectivity index (χ0) is 41.8. The number of nitrogens with zero attached hydrogens (tertiary/aromatic N) is 1. The van der Waals surface area contributed by atoms with Crippen LogP contribution in [0.1, 0.15) is 171 Å². The van der Waals surface area contributed by atoms with Crippen LogP contribution in [0.5, 0.6) is 0 Å². The van der Waals surface area contributed by atoms with E-state index in [2.05, 4.69) is 53.8 Å². The van der Waals surface area contributed by atoms with Crippen molar-refractivity contribution < 1.29 is 29.0 Å². The van der Waals surface area contributed by atoms with Crippen LogP contribution in [0.2, 0.25) is 0 Å². The van der Waals surface area contributed by atoms with E-state index in [0.717, 1.165) is 32.1 Å². The molecule has 326 valence electrons. The number of morpholine rings is 1. The number of aliphatic carboxylic acids is 1. The SMILES string of the molecule is CC1C(NC(=O)C23CCC(CC4(C)CC4)C2C2CCC4C5(C)CCC(CC(=O)CC(C)(C)CC(=O)O)C(C)(C)C5CCC4(C)C2(C)CC3)CC1C(=O)N1CCOCC1. The molecule has 7 saturated carbocycles. The number of nitrogens with one attached hydrogen (secondary N) is 1. The van der Waals surface area contributed by atoms with Crippen molar-refractivity contribution in [1.82, 2.24) is 10.2 Å². The van der Waals surface area contributed by atoms with Gasteiger partial charge >= 0.3 is 5.97 Å². The van der Waals surface area contributed by atoms with Crippen LogP contribution in [-0.4, -0.2) is 65.9 Å². The average molecular weight is 805 g/mol. The Kier molecular flexibility index (Phi) is 10.7. The van der Waals surface area contributed by atoms with Gasteiger partial charge in [-0.15, -0.1) is 0 Å². The number of carbonyl (C=O) groups excluding carboxylic acids is 3. The molecule has 8 aliphatic rings. The topological polar surface area (TPSA) is 113 Å². The summed E-state index contributed by atoms with van der Waals surface area (Å²) in [5.74, 6) is 3.24. The molecule has 0 aromatic heterocycles. The highest BCUT2D eigenvalue weighted by atomic mass is 16.5. The molecule has 0 aromatic carbocycles. The summed E-state index contributed by atoms with van der Waals surface area (Å²) in [7, 11) is 0. The minimum Gasteiger partial charge on any atom is -0.481 e. The lowest BCUT2D eigenvalue weighted by Gasteiger charge is -2.73. The summed E-state index contributed by atoms with van der Waals surface area (Å²) >= 11 is 0. The normalized spacial score (nSPS) is 45.1. The van der Waals surface area contributed by atoms with Crippen LogP contribution >= 0.6 is 0 Å². The summed E-state index contributed by atoms with van der Waals surface area (Å²) in [6, 6.07) is 0.0827. The highest BCUT2D eigenvalue weighted by molar-refractivity contribution is 5.85. The number of carboxylic acid groups (broad SMARTS) is 1. The zero-order valence-corrected chi connectivity index (χ0v) is 38.0. The average Bonchev–Trinajstić information content (AvgIpc) is 3.76. The van der Waals surface area contributed by atoms with Gasteiger partial charge in [-0.3, -0.25) is 19.2 Å². The molecule has 58 heavy (non-hydrogen) atoms. The van der Waals surface area contributed by atoms with E-state index < -0.39 is 11.4 Å². The van der Waals surface area contributed by atoms with Crippen molar-refractivity contribution in [3.63, 3.8) is 0 Å². The quantitative estimate of drug-likeness (QED) is 0.215. The molecule has 0 bridgehead atoms. The number of hydrogen-bond acceptors (Lipinski definition) is 5. The number of hydrogen-bond donors (Lipinski definition) is 2. The van der Waals surface area contributed by atoms with Crippen molar-refractivity contribution in [3.05, 3.63) is 0 Å². The van der Waals surface area contributed by atoms with Gasteiger partial charge in [0.15, 0.2) is 0 Å². The minimum absolute atomic E-state index is 0.000651. The molecule has 13 unspecified atom stereocenters. The maximum Gasteiger partial charge on any atom is 0.303 e. The Morgan fingerprint density at radius 3 is 2.16 bits per heavy atom. The molecular formula is C50H80N2O6. The molecular weight excluding hydrogens is 725 g/mol. The van der Waals surface area contributed by atoms with E-state index in [-0.39, 0.29) is 63.1 Å². The van der Waals surface area contributed by atoms with Crippen LogP contribution in [0.25, 0.3) is 0 Å². The van der Waals surface area contributed by atoms with E-state index in [1.54, 1.807) is 0 Å². The van der Waals surface area contributed by atoms with Gasteiger partial charge in [0.05, 0.1) is 25.0 Å². The molecule has 0 radical (unpaired) electrons. The molecule has 2 amide bonds. The molecule has 8 rings (SSSR count). The standard InChI is InChI=1S/C50H80N2O6/c1-31-35(42(56)52-22-24-58-25-23-52)27-37(31)51-43(57)50-17-12-32(28-46(6)18-19-46)41(50)36-10-11-39-47(7)15-13-33(26-34(53)29-44(2,3)30-40(54)55)45(4,5)38(47)14-16-49(39,9)48(36,8)20-21-50/h31-33,35-39,41H,10-30H2,1-9H3,(H,51,57)(H,54,55). The molecule has 0 spiro atoms. The number of carboxylic acids is 1. The summed E-state index contributed by atoms with van der Waals surface area (Å²) in [5, 5.41) is 13.1. The van der Waals surface area contributed by atoms with Crippen molar-refractivity contribution in [1.29, 1.82) is 0 Å². The lowest BCUT2D eigenvalue weighted by Crippen LogP contribution is -2.67. The molecule has 8 nitrogen and oxygen atoms in total. The van der Waals surface area contributed by atoms with Crippen LogP contribution in [0.15, 0.2) is 0 Å². The Labute approximate surface area is 350 Å². The fourth-order valence-corrected chi connectivity index (χ4v) is 16.8. The molecule has 1 saturated heterocycles. The van der Waals surface area contributed by atoms with E-state index in [9.17, 15) is 19.5 Å². The Morgan fingerprint density at radius 2 is 1.50 bits per heavy atom. The third-order valence-corrected chi connectivity index (χ3v) is 20.6. The van der Waals surface area contributed by atoms with Crippen molar-refractivity contribution in [3.8, 4) is 0 Å². The largest absolute Gasteiger partial charge is 0.481 e. The monoisotopic (exact) mass is 805 g/mol. The van der Waals surface area contributed by atoms with E-state index in [4.69, 9.17) is 4.74 Å². The zero-order valence-electron chi connectivity index (χ0n) is 38.0. The number of ketones is 1. The number of amides is 2. The van der Waals surface area contributed by atoms with Crippen LogP contribution in [0.4, 0.5) is 0 Å². The maximum atomic E-state index is 15.1. The number of fused-ring (bicyclic) bond motifs is 7. The Morgan fingerprint density at radius 1 is 0.793 bits per heavy atom. The third-order valence-electron chi connectivity index (χ3n) is 20.6. The van der Waals surface area contributed by atoms with E-state index >= 15 is 4.79 Å². The number of rotatable bonds is 11. The van der Waals surface area contributed by atoms with E-state index in [0.29, 0.717) is 86.0 Å². The predicted octanol–water partition coefficient (Wildman–Crippen LogP) is 9.72. The summed E-state index contributed by atoms with van der Waals surface area (Å²) in [6.45, 7) is 24.1. The molecule has 8 heteroatoms. The number of ether oxygens (including phenoxy) is 1. The highest BCUT2D eigenvalue weighted by Crippen LogP contribution is 2.78. The van der Waals surface area contributed by atoms with Crippen LogP contribution < -0.4 is 5.32 Å². The second-order valence-electron chi connectivity index (χ2n) is 24.6. The van der Waals surface area contributed by atoms with Gasteiger partial charge in [-0.25, -0.2) is 0 Å². The molecule has 7 aliphatic carbocycles. The van der Waals surface area contributed by atoms with E-state index in [1.165, 1.54) is 57.8 Å². The summed E-state index contributed by atoms with van der Waals surface area (Å²) in [6.07, 6.45) is 17.1. The lowest BCUT2D eigenvalue weighted by atomic mass is 9.31. The second kappa shape index (κ2) is 14.6. The van der Waals surface area contributed by atoms with Crippen molar-refractivity contribution in [2.24, 2.45) is 85.2 Å². The Hall–Kier alpha value is -1.96. The number of Topliss-reactive ketones (excluding diaryl/α,β-unsaturated/α-hetero) is 1. The van der Waals surface area contributed by atoms with Gasteiger partial charge in [0.1, 0.15) is 5.78 Å². The van der Waals surface area contributed by atoms with Gasteiger partial charge in [-0.1, -0.05) is 62.3 Å². The van der Waals surface area contributed by atoms with Gasteiger partial charge in [0.25, 0.3) is 0 Å². The predicted molar refractivity (Wildman–Crippen MR) is 226 cm³/mol. The minimum atomic E-state index is -0.830. The van der Waals surface area contributed by atoms with Crippen LogP contribution in [-0.2, 0) is 23.9 Å². The number of carbonyl (C=O) groups is 4. The third kappa shape index (κ3) is 6.84. The first-order chi connectivity index (χ1) is 27.1. The Bertz CT molecular complexity index is 1650. The van der Waals surface area contributed by atoms with Crippen molar-refractivity contribution >= 4 is 23.6 Å². The molecule has 0 aromatic rings. The second-order valence-corrected chi connectivity index (χ2v) is 24.6. The summed E-state index contributed by atoms with van der Waals surface area (Å²) in [4.78, 5) is 55.5. The fourth-order valence-electron chi connectivity index (χ4n) is 16.8. The highest BCUT2D eigenvalue weighted by Gasteiger charge is 2.72.